The van der Waals surface area contributed by atoms with Crippen molar-refractivity contribution in [1.29, 1.82) is 0 Å². The molecular formula is C22H21ClN2O2S. The summed E-state index contributed by atoms with van der Waals surface area (Å²) in [5, 5.41) is 3.71. The molecular weight excluding hydrogens is 392 g/mol. The first-order chi connectivity index (χ1) is 13.5. The molecule has 4 rings (SSSR count). The summed E-state index contributed by atoms with van der Waals surface area (Å²) in [6.07, 6.45) is 6.24. The largest absolute Gasteiger partial charge is 0.349 e. The van der Waals surface area contributed by atoms with Crippen LogP contribution in [0.3, 0.4) is 0 Å². The first-order valence-corrected chi connectivity index (χ1v) is 10.6. The standard InChI is InChI=1S/C22H21ClN2O2S/c1-25-18-12-15(21(26)24-16-7-3-4-8-16)10-11-19(18)28-20(22(25)27)13-14-6-2-5-9-17(14)23/h2,5-6,9-13,16H,3-4,7-8H2,1H3,(H,24,26)/b20-13-. The molecule has 1 fully saturated rings. The highest BCUT2D eigenvalue weighted by Crippen LogP contribution is 2.42. The molecule has 6 heteroatoms. The van der Waals surface area contributed by atoms with E-state index in [9.17, 15) is 9.59 Å². The Kier molecular flexibility index (Phi) is 5.47. The second kappa shape index (κ2) is 8.02. The first-order valence-electron chi connectivity index (χ1n) is 9.40. The number of rotatable bonds is 3. The number of thioether (sulfide) groups is 1. The Bertz CT molecular complexity index is 967. The van der Waals surface area contributed by atoms with Gasteiger partial charge < -0.3 is 10.2 Å². The lowest BCUT2D eigenvalue weighted by Crippen LogP contribution is -2.33. The molecule has 1 heterocycles. The normalized spacial score (nSPS) is 18.4. The molecule has 0 atom stereocenters. The van der Waals surface area contributed by atoms with Crippen molar-refractivity contribution >= 4 is 46.9 Å². The zero-order valence-electron chi connectivity index (χ0n) is 15.6. The summed E-state index contributed by atoms with van der Waals surface area (Å²) in [5.41, 5.74) is 2.15. The molecule has 0 aromatic heterocycles. The number of nitrogens with zero attached hydrogens (tertiary/aromatic N) is 1. The van der Waals surface area contributed by atoms with Gasteiger partial charge in [0.05, 0.1) is 10.6 Å². The number of hydrogen-bond acceptors (Lipinski definition) is 3. The van der Waals surface area contributed by atoms with Crippen molar-refractivity contribution in [2.24, 2.45) is 0 Å². The monoisotopic (exact) mass is 412 g/mol. The van der Waals surface area contributed by atoms with Gasteiger partial charge in [-0.1, -0.05) is 54.4 Å². The van der Waals surface area contributed by atoms with Gasteiger partial charge in [0.15, 0.2) is 0 Å². The molecule has 2 aromatic carbocycles. The molecule has 144 valence electrons. The van der Waals surface area contributed by atoms with Gasteiger partial charge in [-0.05, 0) is 48.7 Å². The fraction of sp³-hybridized carbons (Fsp3) is 0.273. The topological polar surface area (TPSA) is 49.4 Å². The molecule has 2 amide bonds. The van der Waals surface area contributed by atoms with Crippen molar-refractivity contribution < 1.29 is 9.59 Å². The zero-order valence-corrected chi connectivity index (χ0v) is 17.1. The third-order valence-electron chi connectivity index (χ3n) is 5.20. The Labute approximate surface area is 173 Å². The number of hydrogen-bond donors (Lipinski definition) is 1. The van der Waals surface area contributed by atoms with Crippen molar-refractivity contribution in [3.63, 3.8) is 0 Å². The van der Waals surface area contributed by atoms with Crippen LogP contribution in [0.2, 0.25) is 5.02 Å². The molecule has 0 unspecified atom stereocenters. The number of carbonyl (C=O) groups is 2. The Hall–Kier alpha value is -2.24. The average molecular weight is 413 g/mol. The molecule has 4 nitrogen and oxygen atoms in total. The number of anilines is 1. The smallest absolute Gasteiger partial charge is 0.264 e. The van der Waals surface area contributed by atoms with E-state index in [2.05, 4.69) is 5.32 Å². The van der Waals surface area contributed by atoms with Gasteiger partial charge in [-0.2, -0.15) is 0 Å². The van der Waals surface area contributed by atoms with E-state index in [4.69, 9.17) is 11.6 Å². The molecule has 0 bridgehead atoms. The summed E-state index contributed by atoms with van der Waals surface area (Å²) >= 11 is 7.64. The van der Waals surface area contributed by atoms with Crippen molar-refractivity contribution in [3.05, 3.63) is 63.5 Å². The van der Waals surface area contributed by atoms with E-state index >= 15 is 0 Å². The summed E-state index contributed by atoms with van der Waals surface area (Å²) in [7, 11) is 1.74. The maximum absolute atomic E-state index is 12.9. The van der Waals surface area contributed by atoms with Crippen molar-refractivity contribution in [3.8, 4) is 0 Å². The second-order valence-electron chi connectivity index (χ2n) is 7.13. The van der Waals surface area contributed by atoms with Gasteiger partial charge in [0.2, 0.25) is 0 Å². The number of halogens is 1. The Morgan fingerprint density at radius 3 is 2.71 bits per heavy atom. The minimum Gasteiger partial charge on any atom is -0.349 e. The van der Waals surface area contributed by atoms with Crippen LogP contribution in [-0.2, 0) is 4.79 Å². The SMILES string of the molecule is CN1C(=O)/C(=C/c2ccccc2Cl)Sc2ccc(C(=O)NC3CCCC3)cc21. The van der Waals surface area contributed by atoms with Crippen molar-refractivity contribution in [2.45, 2.75) is 36.6 Å². The van der Waals surface area contributed by atoms with Crippen LogP contribution in [0.5, 0.6) is 0 Å². The Balaban J connectivity index is 1.60. The molecule has 28 heavy (non-hydrogen) atoms. The van der Waals surface area contributed by atoms with Crippen molar-refractivity contribution in [2.75, 3.05) is 11.9 Å². The van der Waals surface area contributed by atoms with Gasteiger partial charge in [-0.15, -0.1) is 0 Å². The average Bonchev–Trinajstić information content (AvgIpc) is 3.20. The zero-order chi connectivity index (χ0) is 19.7. The van der Waals surface area contributed by atoms with E-state index in [1.165, 1.54) is 24.6 Å². The fourth-order valence-corrected chi connectivity index (χ4v) is 4.88. The summed E-state index contributed by atoms with van der Waals surface area (Å²) in [4.78, 5) is 28.6. The van der Waals surface area contributed by atoms with Gasteiger partial charge in [0, 0.05) is 28.6 Å². The second-order valence-corrected chi connectivity index (χ2v) is 8.62. The summed E-state index contributed by atoms with van der Waals surface area (Å²) < 4.78 is 0. The summed E-state index contributed by atoms with van der Waals surface area (Å²) in [6, 6.07) is 13.2. The van der Waals surface area contributed by atoms with Gasteiger partial charge >= 0.3 is 0 Å². The molecule has 1 saturated carbocycles. The van der Waals surface area contributed by atoms with E-state index in [0.29, 0.717) is 15.5 Å². The number of nitrogens with one attached hydrogen (secondary N) is 1. The molecule has 1 N–H and O–H groups in total. The summed E-state index contributed by atoms with van der Waals surface area (Å²) in [6.45, 7) is 0. The summed E-state index contributed by atoms with van der Waals surface area (Å²) in [5.74, 6) is -0.177. The number of likely N-dealkylation sites (N-methyl/N-ethyl adjacent to an activating group) is 1. The van der Waals surface area contributed by atoms with Crippen LogP contribution < -0.4 is 10.2 Å². The predicted octanol–water partition coefficient (Wildman–Crippen LogP) is 5.12. The maximum Gasteiger partial charge on any atom is 0.264 e. The third-order valence-corrected chi connectivity index (χ3v) is 6.62. The van der Waals surface area contributed by atoms with Gasteiger partial charge in [0.25, 0.3) is 11.8 Å². The predicted molar refractivity (Wildman–Crippen MR) is 115 cm³/mol. The third kappa shape index (κ3) is 3.82. The van der Waals surface area contributed by atoms with Crippen LogP contribution in [0.25, 0.3) is 6.08 Å². The molecule has 0 radical (unpaired) electrons. The number of benzene rings is 2. The van der Waals surface area contributed by atoms with Crippen LogP contribution in [0, 0.1) is 0 Å². The van der Waals surface area contributed by atoms with Crippen LogP contribution in [0.1, 0.15) is 41.6 Å². The van der Waals surface area contributed by atoms with E-state index in [1.54, 1.807) is 24.1 Å². The lowest BCUT2D eigenvalue weighted by atomic mass is 10.1. The highest BCUT2D eigenvalue weighted by atomic mass is 35.5. The molecule has 2 aliphatic rings. The quantitative estimate of drug-likeness (QED) is 0.711. The van der Waals surface area contributed by atoms with E-state index in [-0.39, 0.29) is 17.9 Å². The molecule has 2 aromatic rings. The van der Waals surface area contributed by atoms with Gasteiger partial charge in [-0.3, -0.25) is 9.59 Å². The van der Waals surface area contributed by atoms with Crippen LogP contribution in [-0.4, -0.2) is 24.9 Å². The first kappa shape index (κ1) is 19.1. The number of fused-ring (bicyclic) bond motifs is 1. The Morgan fingerprint density at radius 1 is 1.21 bits per heavy atom. The molecule has 0 spiro atoms. The fourth-order valence-electron chi connectivity index (χ4n) is 3.61. The highest BCUT2D eigenvalue weighted by molar-refractivity contribution is 8.04. The van der Waals surface area contributed by atoms with E-state index in [0.717, 1.165) is 29.0 Å². The van der Waals surface area contributed by atoms with Crippen LogP contribution in [0.15, 0.2) is 52.3 Å². The number of carbonyl (C=O) groups excluding carboxylic acids is 2. The van der Waals surface area contributed by atoms with E-state index < -0.39 is 0 Å². The van der Waals surface area contributed by atoms with Crippen molar-refractivity contribution in [1.82, 2.24) is 5.32 Å². The lowest BCUT2D eigenvalue weighted by molar-refractivity contribution is -0.114. The minimum atomic E-state index is -0.106. The van der Waals surface area contributed by atoms with Crippen LogP contribution >= 0.6 is 23.4 Å². The number of amides is 2. The lowest BCUT2D eigenvalue weighted by Gasteiger charge is -2.27. The van der Waals surface area contributed by atoms with Gasteiger partial charge in [-0.25, -0.2) is 0 Å². The van der Waals surface area contributed by atoms with Crippen LogP contribution in [0.4, 0.5) is 5.69 Å². The molecule has 1 aliphatic heterocycles. The molecule has 1 aliphatic carbocycles. The molecule has 0 saturated heterocycles. The van der Waals surface area contributed by atoms with E-state index in [1.807, 2.05) is 36.4 Å². The van der Waals surface area contributed by atoms with Gasteiger partial charge in [0.1, 0.15) is 0 Å². The Morgan fingerprint density at radius 2 is 1.96 bits per heavy atom. The maximum atomic E-state index is 12.9. The highest BCUT2D eigenvalue weighted by Gasteiger charge is 2.28. The minimum absolute atomic E-state index is 0.0713.